The number of hydrogen-bond donors (Lipinski definition) is 1. The Labute approximate surface area is 194 Å². The van der Waals surface area contributed by atoms with Gasteiger partial charge in [0.15, 0.2) is 0 Å². The SMILES string of the molecule is CS(=O)(=O)NC(=O)CCN1c2ccc(Br)cc2C2(CCCCC2)c2cc(Br)ccc21. The molecular formula is C22H24Br2N2O3S. The standard InChI is InChI=1S/C22H24Br2N2O3S/c1-30(28,29)25-21(27)9-12-26-19-7-5-15(23)13-17(19)22(10-3-2-4-11-22)18-14-16(24)6-8-20(18)26/h5-8,13-14H,2-4,9-12H2,1H3,(H,25,27). The second-order valence-electron chi connectivity index (χ2n) is 8.16. The Bertz CT molecular complexity index is 1040. The molecule has 8 heteroatoms. The molecular weight excluding hydrogens is 532 g/mol. The van der Waals surface area contributed by atoms with Crippen molar-refractivity contribution in [2.75, 3.05) is 17.7 Å². The van der Waals surface area contributed by atoms with Gasteiger partial charge in [0.2, 0.25) is 15.9 Å². The molecule has 1 spiro atoms. The molecule has 0 radical (unpaired) electrons. The Morgan fingerprint density at radius 1 is 1.00 bits per heavy atom. The molecule has 0 atom stereocenters. The number of benzene rings is 2. The number of fused-ring (bicyclic) bond motifs is 4. The third kappa shape index (κ3) is 4.18. The Kier molecular flexibility index (Phi) is 6.03. The number of rotatable bonds is 4. The third-order valence-corrected chi connectivity index (χ3v) is 7.68. The molecule has 1 aliphatic heterocycles. The van der Waals surface area contributed by atoms with Gasteiger partial charge in [0.05, 0.1) is 6.26 Å². The lowest BCUT2D eigenvalue weighted by molar-refractivity contribution is -0.119. The maximum atomic E-state index is 12.2. The molecule has 0 aromatic heterocycles. The van der Waals surface area contributed by atoms with E-state index in [2.05, 4.69) is 65.7 Å². The van der Waals surface area contributed by atoms with Crippen molar-refractivity contribution in [1.82, 2.24) is 4.72 Å². The number of carbonyl (C=O) groups excluding carboxylic acids is 1. The van der Waals surface area contributed by atoms with E-state index in [4.69, 9.17) is 0 Å². The molecule has 0 unspecified atom stereocenters. The fraction of sp³-hybridized carbons (Fsp3) is 0.409. The van der Waals surface area contributed by atoms with E-state index in [0.29, 0.717) is 6.54 Å². The second kappa shape index (κ2) is 8.28. The first-order chi connectivity index (χ1) is 14.2. The monoisotopic (exact) mass is 554 g/mol. The van der Waals surface area contributed by atoms with E-state index in [-0.39, 0.29) is 11.8 Å². The summed E-state index contributed by atoms with van der Waals surface area (Å²) in [6.07, 6.45) is 6.92. The number of halogens is 2. The van der Waals surface area contributed by atoms with E-state index >= 15 is 0 Å². The van der Waals surface area contributed by atoms with Crippen LogP contribution in [0, 0.1) is 0 Å². The van der Waals surface area contributed by atoms with E-state index in [1.807, 2.05) is 12.1 Å². The van der Waals surface area contributed by atoms with Crippen LogP contribution in [0.15, 0.2) is 45.3 Å². The van der Waals surface area contributed by atoms with Gasteiger partial charge in [-0.05, 0) is 60.4 Å². The minimum atomic E-state index is -3.56. The summed E-state index contributed by atoms with van der Waals surface area (Å²) >= 11 is 7.30. The predicted molar refractivity (Wildman–Crippen MR) is 127 cm³/mol. The van der Waals surface area contributed by atoms with E-state index < -0.39 is 15.9 Å². The van der Waals surface area contributed by atoms with Gasteiger partial charge in [-0.15, -0.1) is 0 Å². The van der Waals surface area contributed by atoms with Gasteiger partial charge in [-0.1, -0.05) is 51.1 Å². The van der Waals surface area contributed by atoms with Gasteiger partial charge in [0.25, 0.3) is 0 Å². The molecule has 0 bridgehead atoms. The van der Waals surface area contributed by atoms with Crippen molar-refractivity contribution >= 4 is 59.2 Å². The van der Waals surface area contributed by atoms with Crippen LogP contribution in [0.3, 0.4) is 0 Å². The van der Waals surface area contributed by atoms with E-state index in [0.717, 1.165) is 39.4 Å². The van der Waals surface area contributed by atoms with Crippen LogP contribution in [0.1, 0.15) is 49.7 Å². The number of nitrogens with zero attached hydrogens (tertiary/aromatic N) is 1. The largest absolute Gasteiger partial charge is 0.340 e. The van der Waals surface area contributed by atoms with Gasteiger partial charge in [-0.3, -0.25) is 9.52 Å². The maximum Gasteiger partial charge on any atom is 0.235 e. The van der Waals surface area contributed by atoms with Crippen LogP contribution in [0.25, 0.3) is 0 Å². The normalized spacial score (nSPS) is 17.4. The van der Waals surface area contributed by atoms with Crippen LogP contribution in [-0.2, 0) is 20.2 Å². The molecule has 5 nitrogen and oxygen atoms in total. The van der Waals surface area contributed by atoms with Crippen LogP contribution in [0.5, 0.6) is 0 Å². The molecule has 4 rings (SSSR count). The third-order valence-electron chi connectivity index (χ3n) is 6.10. The van der Waals surface area contributed by atoms with E-state index in [1.165, 1.54) is 30.4 Å². The van der Waals surface area contributed by atoms with E-state index in [9.17, 15) is 13.2 Å². The van der Waals surface area contributed by atoms with Gasteiger partial charge in [0, 0.05) is 38.7 Å². The van der Waals surface area contributed by atoms with Crippen LogP contribution >= 0.6 is 31.9 Å². The minimum Gasteiger partial charge on any atom is -0.340 e. The number of amides is 1. The van der Waals surface area contributed by atoms with Gasteiger partial charge in [-0.25, -0.2) is 8.42 Å². The number of hydrogen-bond acceptors (Lipinski definition) is 4. The Balaban J connectivity index is 1.79. The van der Waals surface area contributed by atoms with Gasteiger partial charge in [0.1, 0.15) is 0 Å². The molecule has 0 saturated heterocycles. The fourth-order valence-electron chi connectivity index (χ4n) is 4.93. The van der Waals surface area contributed by atoms with Crippen LogP contribution < -0.4 is 9.62 Å². The summed E-state index contributed by atoms with van der Waals surface area (Å²) in [6, 6.07) is 12.7. The molecule has 1 amide bonds. The summed E-state index contributed by atoms with van der Waals surface area (Å²) in [5.41, 5.74) is 4.72. The number of sulfonamides is 1. The first-order valence-electron chi connectivity index (χ1n) is 10.1. The summed E-state index contributed by atoms with van der Waals surface area (Å²) < 4.78 is 27.0. The van der Waals surface area contributed by atoms with Crippen molar-refractivity contribution in [3.63, 3.8) is 0 Å². The van der Waals surface area contributed by atoms with Crippen molar-refractivity contribution in [1.29, 1.82) is 0 Å². The Morgan fingerprint density at radius 3 is 2.03 bits per heavy atom. The lowest BCUT2D eigenvalue weighted by Crippen LogP contribution is -2.40. The molecule has 1 N–H and O–H groups in total. The molecule has 1 fully saturated rings. The van der Waals surface area contributed by atoms with Gasteiger partial charge < -0.3 is 4.90 Å². The van der Waals surface area contributed by atoms with Crippen LogP contribution in [0.4, 0.5) is 11.4 Å². The predicted octanol–water partition coefficient (Wildman–Crippen LogP) is 5.38. The molecule has 1 heterocycles. The summed E-state index contributed by atoms with van der Waals surface area (Å²) in [5, 5.41) is 0. The Morgan fingerprint density at radius 2 is 1.53 bits per heavy atom. The zero-order valence-electron chi connectivity index (χ0n) is 16.7. The number of nitrogens with one attached hydrogen (secondary N) is 1. The van der Waals surface area contributed by atoms with Crippen molar-refractivity contribution in [3.05, 3.63) is 56.5 Å². The molecule has 2 aliphatic rings. The van der Waals surface area contributed by atoms with Crippen molar-refractivity contribution in [3.8, 4) is 0 Å². The van der Waals surface area contributed by atoms with Crippen LogP contribution in [-0.4, -0.2) is 27.1 Å². The first kappa shape index (κ1) is 21.8. The highest BCUT2D eigenvalue weighted by Gasteiger charge is 2.44. The van der Waals surface area contributed by atoms with Gasteiger partial charge >= 0.3 is 0 Å². The highest BCUT2D eigenvalue weighted by Crippen LogP contribution is 2.56. The zero-order chi connectivity index (χ0) is 21.5. The summed E-state index contributed by atoms with van der Waals surface area (Å²) in [5.74, 6) is -0.493. The lowest BCUT2D eigenvalue weighted by atomic mass is 9.63. The average Bonchev–Trinajstić information content (AvgIpc) is 2.68. The highest BCUT2D eigenvalue weighted by atomic mass is 79.9. The van der Waals surface area contributed by atoms with Gasteiger partial charge in [-0.2, -0.15) is 0 Å². The molecule has 1 aliphatic carbocycles. The average molecular weight is 556 g/mol. The maximum absolute atomic E-state index is 12.2. The molecule has 2 aromatic carbocycles. The topological polar surface area (TPSA) is 66.5 Å². The first-order valence-corrected chi connectivity index (χ1v) is 13.6. The quantitative estimate of drug-likeness (QED) is 0.550. The molecule has 160 valence electrons. The summed E-state index contributed by atoms with van der Waals surface area (Å²) in [6.45, 7) is 0.403. The number of anilines is 2. The lowest BCUT2D eigenvalue weighted by Gasteiger charge is -2.47. The zero-order valence-corrected chi connectivity index (χ0v) is 20.7. The second-order valence-corrected chi connectivity index (χ2v) is 11.7. The van der Waals surface area contributed by atoms with Crippen molar-refractivity contribution < 1.29 is 13.2 Å². The number of carbonyl (C=O) groups is 1. The van der Waals surface area contributed by atoms with E-state index in [1.54, 1.807) is 0 Å². The van der Waals surface area contributed by atoms with Crippen LogP contribution in [0.2, 0.25) is 0 Å². The summed E-state index contributed by atoms with van der Waals surface area (Å²) in [4.78, 5) is 14.4. The molecule has 2 aromatic rings. The minimum absolute atomic E-state index is 0.0397. The van der Waals surface area contributed by atoms with Crippen molar-refractivity contribution in [2.24, 2.45) is 0 Å². The van der Waals surface area contributed by atoms with Crippen molar-refractivity contribution in [2.45, 2.75) is 43.9 Å². The fourth-order valence-corrected chi connectivity index (χ4v) is 6.17. The summed E-state index contributed by atoms with van der Waals surface area (Å²) in [7, 11) is -3.56. The smallest absolute Gasteiger partial charge is 0.235 e. The Hall–Kier alpha value is -1.38. The molecule has 1 saturated carbocycles. The highest BCUT2D eigenvalue weighted by molar-refractivity contribution is 9.10. The molecule has 30 heavy (non-hydrogen) atoms.